The SMILES string of the molecule is CCC(C)(C)NC(=O)N1CCOCC1C(=O)O. The van der Waals surface area contributed by atoms with Crippen molar-refractivity contribution in [1.29, 1.82) is 0 Å². The maximum Gasteiger partial charge on any atom is 0.328 e. The maximum atomic E-state index is 12.0. The van der Waals surface area contributed by atoms with Crippen molar-refractivity contribution in [1.82, 2.24) is 10.2 Å². The number of carboxylic acid groups (broad SMARTS) is 1. The zero-order chi connectivity index (χ0) is 13.1. The van der Waals surface area contributed by atoms with Crippen molar-refractivity contribution in [3.63, 3.8) is 0 Å². The number of morpholine rings is 1. The monoisotopic (exact) mass is 244 g/mol. The van der Waals surface area contributed by atoms with Gasteiger partial charge in [0, 0.05) is 12.1 Å². The number of nitrogens with one attached hydrogen (secondary N) is 1. The Morgan fingerprint density at radius 1 is 1.53 bits per heavy atom. The van der Waals surface area contributed by atoms with Gasteiger partial charge in [0.15, 0.2) is 6.04 Å². The van der Waals surface area contributed by atoms with E-state index in [0.29, 0.717) is 13.2 Å². The Labute approximate surface area is 101 Å². The summed E-state index contributed by atoms with van der Waals surface area (Å²) in [7, 11) is 0. The summed E-state index contributed by atoms with van der Waals surface area (Å²) in [5.41, 5.74) is -0.335. The van der Waals surface area contributed by atoms with Gasteiger partial charge >= 0.3 is 12.0 Å². The fourth-order valence-electron chi connectivity index (χ4n) is 1.50. The standard InChI is InChI=1S/C11H20N2O4/c1-4-11(2,3)12-10(16)13-5-6-17-7-8(13)9(14)15/h8H,4-7H2,1-3H3,(H,12,16)(H,14,15). The minimum absolute atomic E-state index is 0.0509. The fraction of sp³-hybridized carbons (Fsp3) is 0.818. The van der Waals surface area contributed by atoms with Crippen molar-refractivity contribution in [3.05, 3.63) is 0 Å². The minimum atomic E-state index is -1.03. The quantitative estimate of drug-likeness (QED) is 0.764. The van der Waals surface area contributed by atoms with E-state index in [1.807, 2.05) is 20.8 Å². The molecule has 0 aromatic heterocycles. The molecular formula is C11H20N2O4. The predicted octanol–water partition coefficient (Wildman–Crippen LogP) is 0.670. The van der Waals surface area contributed by atoms with Crippen molar-refractivity contribution in [2.24, 2.45) is 0 Å². The lowest BCUT2D eigenvalue weighted by Crippen LogP contribution is -2.58. The first-order valence-corrected chi connectivity index (χ1v) is 5.76. The molecule has 1 heterocycles. The Kier molecular flexibility index (Phi) is 4.34. The van der Waals surface area contributed by atoms with Crippen molar-refractivity contribution in [3.8, 4) is 0 Å². The second-order valence-electron chi connectivity index (χ2n) is 4.79. The molecule has 1 rings (SSSR count). The molecule has 1 unspecified atom stereocenters. The zero-order valence-electron chi connectivity index (χ0n) is 10.5. The summed E-state index contributed by atoms with van der Waals surface area (Å²) in [4.78, 5) is 24.3. The van der Waals surface area contributed by atoms with E-state index < -0.39 is 12.0 Å². The third kappa shape index (κ3) is 3.59. The number of amides is 2. The van der Waals surface area contributed by atoms with Crippen LogP contribution in [0.1, 0.15) is 27.2 Å². The summed E-state index contributed by atoms with van der Waals surface area (Å²) < 4.78 is 5.08. The van der Waals surface area contributed by atoms with Gasteiger partial charge in [-0.25, -0.2) is 9.59 Å². The highest BCUT2D eigenvalue weighted by Crippen LogP contribution is 2.12. The molecule has 0 aromatic carbocycles. The number of hydrogen-bond acceptors (Lipinski definition) is 3. The summed E-state index contributed by atoms with van der Waals surface area (Å²) in [6.07, 6.45) is 0.779. The highest BCUT2D eigenvalue weighted by Gasteiger charge is 2.34. The number of hydrogen-bond donors (Lipinski definition) is 2. The van der Waals surface area contributed by atoms with Gasteiger partial charge in [0.25, 0.3) is 0 Å². The normalized spacial score (nSPS) is 21.1. The van der Waals surface area contributed by atoms with Gasteiger partial charge < -0.3 is 20.1 Å². The topological polar surface area (TPSA) is 78.9 Å². The zero-order valence-corrected chi connectivity index (χ0v) is 10.5. The Morgan fingerprint density at radius 3 is 2.71 bits per heavy atom. The molecule has 98 valence electrons. The van der Waals surface area contributed by atoms with Crippen molar-refractivity contribution < 1.29 is 19.4 Å². The largest absolute Gasteiger partial charge is 0.480 e. The molecule has 0 radical (unpaired) electrons. The Hall–Kier alpha value is -1.30. The average Bonchev–Trinajstić information content (AvgIpc) is 2.28. The summed E-state index contributed by atoms with van der Waals surface area (Å²) >= 11 is 0. The lowest BCUT2D eigenvalue weighted by molar-refractivity contribution is -0.147. The molecule has 1 atom stereocenters. The van der Waals surface area contributed by atoms with Gasteiger partial charge in [-0.05, 0) is 20.3 Å². The number of rotatable bonds is 3. The third-order valence-corrected chi connectivity index (χ3v) is 3.00. The van der Waals surface area contributed by atoms with E-state index in [1.54, 1.807) is 0 Å². The first kappa shape index (κ1) is 13.8. The summed E-state index contributed by atoms with van der Waals surface area (Å²) in [5, 5.41) is 11.8. The molecular weight excluding hydrogens is 224 g/mol. The summed E-state index contributed by atoms with van der Waals surface area (Å²) in [5.74, 6) is -1.03. The van der Waals surface area contributed by atoms with E-state index in [-0.39, 0.29) is 18.2 Å². The van der Waals surface area contributed by atoms with Crippen LogP contribution in [-0.2, 0) is 9.53 Å². The van der Waals surface area contributed by atoms with Crippen molar-refractivity contribution in [2.75, 3.05) is 19.8 Å². The number of carbonyl (C=O) groups is 2. The lowest BCUT2D eigenvalue weighted by Gasteiger charge is -2.35. The summed E-state index contributed by atoms with van der Waals surface area (Å²) in [6.45, 7) is 6.51. The van der Waals surface area contributed by atoms with E-state index in [1.165, 1.54) is 4.90 Å². The predicted molar refractivity (Wildman–Crippen MR) is 61.9 cm³/mol. The van der Waals surface area contributed by atoms with E-state index in [0.717, 1.165) is 6.42 Å². The van der Waals surface area contributed by atoms with Gasteiger partial charge in [-0.1, -0.05) is 6.92 Å². The fourth-order valence-corrected chi connectivity index (χ4v) is 1.50. The number of carbonyl (C=O) groups excluding carboxylic acids is 1. The highest BCUT2D eigenvalue weighted by atomic mass is 16.5. The number of ether oxygens (including phenoxy) is 1. The summed E-state index contributed by atoms with van der Waals surface area (Å²) in [6, 6.07) is -1.23. The van der Waals surface area contributed by atoms with Crippen LogP contribution in [0, 0.1) is 0 Å². The molecule has 0 saturated carbocycles. The number of urea groups is 1. The molecule has 0 aliphatic carbocycles. The Morgan fingerprint density at radius 2 is 2.18 bits per heavy atom. The molecule has 1 saturated heterocycles. The molecule has 0 bridgehead atoms. The molecule has 2 amide bonds. The minimum Gasteiger partial charge on any atom is -0.480 e. The van der Waals surface area contributed by atoms with E-state index >= 15 is 0 Å². The van der Waals surface area contributed by atoms with Gasteiger partial charge in [0.1, 0.15) is 0 Å². The van der Waals surface area contributed by atoms with Crippen molar-refractivity contribution in [2.45, 2.75) is 38.8 Å². The third-order valence-electron chi connectivity index (χ3n) is 3.00. The second kappa shape index (κ2) is 5.35. The van der Waals surface area contributed by atoms with Crippen LogP contribution in [0.2, 0.25) is 0 Å². The van der Waals surface area contributed by atoms with Crippen LogP contribution < -0.4 is 5.32 Å². The van der Waals surface area contributed by atoms with Crippen LogP contribution in [0.4, 0.5) is 4.79 Å². The van der Waals surface area contributed by atoms with Gasteiger partial charge in [0.05, 0.1) is 13.2 Å². The second-order valence-corrected chi connectivity index (χ2v) is 4.79. The Balaban J connectivity index is 2.69. The van der Waals surface area contributed by atoms with E-state index in [2.05, 4.69) is 5.32 Å². The van der Waals surface area contributed by atoms with Crippen LogP contribution in [0.25, 0.3) is 0 Å². The molecule has 1 aliphatic rings. The van der Waals surface area contributed by atoms with Crippen molar-refractivity contribution >= 4 is 12.0 Å². The molecule has 1 aliphatic heterocycles. The lowest BCUT2D eigenvalue weighted by atomic mass is 10.0. The Bertz CT molecular complexity index is 304. The molecule has 0 spiro atoms. The first-order chi connectivity index (χ1) is 7.87. The highest BCUT2D eigenvalue weighted by molar-refractivity contribution is 5.83. The molecule has 6 nitrogen and oxygen atoms in total. The van der Waals surface area contributed by atoms with Crippen LogP contribution >= 0.6 is 0 Å². The van der Waals surface area contributed by atoms with Crippen LogP contribution in [0.15, 0.2) is 0 Å². The molecule has 0 aromatic rings. The molecule has 17 heavy (non-hydrogen) atoms. The van der Waals surface area contributed by atoms with E-state index in [9.17, 15) is 9.59 Å². The first-order valence-electron chi connectivity index (χ1n) is 5.76. The van der Waals surface area contributed by atoms with Gasteiger partial charge in [0.2, 0.25) is 0 Å². The van der Waals surface area contributed by atoms with Gasteiger partial charge in [-0.3, -0.25) is 0 Å². The smallest absolute Gasteiger partial charge is 0.328 e. The van der Waals surface area contributed by atoms with Gasteiger partial charge in [-0.2, -0.15) is 0 Å². The molecule has 6 heteroatoms. The van der Waals surface area contributed by atoms with Crippen LogP contribution in [0.3, 0.4) is 0 Å². The number of aliphatic carboxylic acids is 1. The number of carboxylic acids is 1. The van der Waals surface area contributed by atoms with Crippen LogP contribution in [-0.4, -0.2) is 53.3 Å². The average molecular weight is 244 g/mol. The maximum absolute atomic E-state index is 12.0. The molecule has 2 N–H and O–H groups in total. The van der Waals surface area contributed by atoms with Crippen LogP contribution in [0.5, 0.6) is 0 Å². The number of nitrogens with zero attached hydrogens (tertiary/aromatic N) is 1. The van der Waals surface area contributed by atoms with Gasteiger partial charge in [-0.15, -0.1) is 0 Å². The van der Waals surface area contributed by atoms with E-state index in [4.69, 9.17) is 9.84 Å². The molecule has 1 fully saturated rings.